The molecule has 0 bridgehead atoms. The SMILES string of the molecule is NC(=O)c1ccc(S(=O)(=O)N2CCN(C(=O)C3CCCN(Cc4ccccc4)C3)CC2)o1. The Labute approximate surface area is 187 Å². The zero-order valence-corrected chi connectivity index (χ0v) is 18.7. The van der Waals surface area contributed by atoms with E-state index in [1.165, 1.54) is 22.0 Å². The average Bonchev–Trinajstić information content (AvgIpc) is 3.31. The topological polar surface area (TPSA) is 117 Å². The van der Waals surface area contributed by atoms with Crippen LogP contribution in [0.5, 0.6) is 0 Å². The van der Waals surface area contributed by atoms with Gasteiger partial charge in [-0.3, -0.25) is 14.5 Å². The van der Waals surface area contributed by atoms with E-state index in [0.717, 1.165) is 25.9 Å². The molecule has 32 heavy (non-hydrogen) atoms. The number of nitrogens with zero attached hydrogens (tertiary/aromatic N) is 3. The Balaban J connectivity index is 1.33. The number of hydrogen-bond acceptors (Lipinski definition) is 6. The van der Waals surface area contributed by atoms with Crippen molar-refractivity contribution >= 4 is 21.8 Å². The zero-order chi connectivity index (χ0) is 22.7. The summed E-state index contributed by atoms with van der Waals surface area (Å²) >= 11 is 0. The number of carbonyl (C=O) groups is 2. The minimum atomic E-state index is -3.88. The fraction of sp³-hybridized carbons (Fsp3) is 0.455. The molecule has 0 saturated carbocycles. The maximum Gasteiger partial charge on any atom is 0.284 e. The summed E-state index contributed by atoms with van der Waals surface area (Å²) in [5.41, 5.74) is 6.37. The molecule has 0 aliphatic carbocycles. The summed E-state index contributed by atoms with van der Waals surface area (Å²) in [5.74, 6) is -1.00. The number of piperazine rings is 1. The summed E-state index contributed by atoms with van der Waals surface area (Å²) in [5, 5.41) is -0.310. The average molecular weight is 461 g/mol. The maximum atomic E-state index is 13.1. The number of hydrogen-bond donors (Lipinski definition) is 1. The van der Waals surface area contributed by atoms with Crippen LogP contribution >= 0.6 is 0 Å². The van der Waals surface area contributed by atoms with Crippen molar-refractivity contribution in [3.63, 3.8) is 0 Å². The minimum Gasteiger partial charge on any atom is -0.438 e. The predicted octanol–water partition coefficient (Wildman–Crippen LogP) is 1.12. The van der Waals surface area contributed by atoms with Gasteiger partial charge in [0.25, 0.3) is 15.9 Å². The van der Waals surface area contributed by atoms with Crippen LogP contribution < -0.4 is 5.73 Å². The van der Waals surface area contributed by atoms with E-state index in [0.29, 0.717) is 19.6 Å². The Morgan fingerprint density at radius 1 is 1.00 bits per heavy atom. The van der Waals surface area contributed by atoms with E-state index >= 15 is 0 Å². The van der Waals surface area contributed by atoms with Crippen molar-refractivity contribution in [1.82, 2.24) is 14.1 Å². The van der Waals surface area contributed by atoms with Gasteiger partial charge < -0.3 is 15.1 Å². The van der Waals surface area contributed by atoms with Crippen LogP contribution in [-0.2, 0) is 21.4 Å². The monoisotopic (exact) mass is 460 g/mol. The van der Waals surface area contributed by atoms with Crippen molar-refractivity contribution in [1.29, 1.82) is 0 Å². The summed E-state index contributed by atoms with van der Waals surface area (Å²) in [6.45, 7) is 3.54. The van der Waals surface area contributed by atoms with Crippen molar-refractivity contribution in [3.05, 3.63) is 53.8 Å². The van der Waals surface area contributed by atoms with E-state index in [2.05, 4.69) is 17.0 Å². The maximum absolute atomic E-state index is 13.1. The first kappa shape index (κ1) is 22.5. The van der Waals surface area contributed by atoms with Crippen LogP contribution in [0.2, 0.25) is 0 Å². The number of primary amides is 1. The van der Waals surface area contributed by atoms with Crippen molar-refractivity contribution in [3.8, 4) is 0 Å². The lowest BCUT2D eigenvalue weighted by atomic mass is 9.95. The van der Waals surface area contributed by atoms with Crippen LogP contribution in [0.15, 0.2) is 52.0 Å². The third-order valence-electron chi connectivity index (χ3n) is 6.07. The van der Waals surface area contributed by atoms with Gasteiger partial charge in [-0.1, -0.05) is 30.3 Å². The second-order valence-electron chi connectivity index (χ2n) is 8.27. The quantitative estimate of drug-likeness (QED) is 0.691. The Hall–Kier alpha value is -2.69. The van der Waals surface area contributed by atoms with E-state index in [9.17, 15) is 18.0 Å². The van der Waals surface area contributed by atoms with Crippen molar-refractivity contribution < 1.29 is 22.4 Å². The fourth-order valence-corrected chi connectivity index (χ4v) is 5.70. The van der Waals surface area contributed by atoms with Gasteiger partial charge in [0, 0.05) is 39.3 Å². The van der Waals surface area contributed by atoms with Gasteiger partial charge in [-0.25, -0.2) is 8.42 Å². The number of furan rings is 1. The fourth-order valence-electron chi connectivity index (χ4n) is 4.37. The minimum absolute atomic E-state index is 0.0705. The first-order valence-corrected chi connectivity index (χ1v) is 12.2. The van der Waals surface area contributed by atoms with Crippen molar-refractivity contribution in [2.24, 2.45) is 11.7 Å². The number of amides is 2. The molecule has 2 aromatic rings. The highest BCUT2D eigenvalue weighted by Crippen LogP contribution is 2.24. The van der Waals surface area contributed by atoms with E-state index in [1.54, 1.807) is 4.90 Å². The Kier molecular flexibility index (Phi) is 6.63. The molecule has 1 atom stereocenters. The van der Waals surface area contributed by atoms with E-state index in [-0.39, 0.29) is 35.8 Å². The smallest absolute Gasteiger partial charge is 0.284 e. The second-order valence-corrected chi connectivity index (χ2v) is 10.1. The Bertz CT molecular complexity index is 1060. The summed E-state index contributed by atoms with van der Waals surface area (Å²) in [6.07, 6.45) is 1.82. The molecule has 4 rings (SSSR count). The molecule has 2 N–H and O–H groups in total. The molecule has 2 saturated heterocycles. The standard InChI is InChI=1S/C22H28N4O5S/c23-21(27)19-8-9-20(31-19)32(29,30)26-13-11-25(12-14-26)22(28)18-7-4-10-24(16-18)15-17-5-2-1-3-6-17/h1-3,5-6,8-9,18H,4,7,10-16H2,(H2,23,27). The first-order valence-electron chi connectivity index (χ1n) is 10.8. The third-order valence-corrected chi connectivity index (χ3v) is 7.85. The summed E-state index contributed by atoms with van der Waals surface area (Å²) < 4.78 is 32.0. The van der Waals surface area contributed by atoms with Crippen LogP contribution in [-0.4, -0.2) is 73.6 Å². The van der Waals surface area contributed by atoms with Crippen molar-refractivity contribution in [2.45, 2.75) is 24.5 Å². The number of carbonyl (C=O) groups excluding carboxylic acids is 2. The molecule has 1 aromatic carbocycles. The summed E-state index contributed by atoms with van der Waals surface area (Å²) in [6, 6.07) is 12.7. The van der Waals surface area contributed by atoms with E-state index < -0.39 is 15.9 Å². The number of sulfonamides is 1. The number of rotatable bonds is 6. The van der Waals surface area contributed by atoms with Gasteiger partial charge in [-0.05, 0) is 37.1 Å². The van der Waals surface area contributed by atoms with Crippen LogP contribution in [0, 0.1) is 5.92 Å². The van der Waals surface area contributed by atoms with Gasteiger partial charge >= 0.3 is 0 Å². The number of benzene rings is 1. The van der Waals surface area contributed by atoms with Gasteiger partial charge in [0.2, 0.25) is 11.0 Å². The molecule has 0 radical (unpaired) electrons. The lowest BCUT2D eigenvalue weighted by Gasteiger charge is -2.38. The van der Waals surface area contributed by atoms with Gasteiger partial charge in [-0.15, -0.1) is 0 Å². The molecule has 2 fully saturated rings. The number of likely N-dealkylation sites (tertiary alicyclic amines) is 1. The van der Waals surface area contributed by atoms with Gasteiger partial charge in [0.15, 0.2) is 5.76 Å². The molecule has 2 aliphatic rings. The van der Waals surface area contributed by atoms with Crippen LogP contribution in [0.3, 0.4) is 0 Å². The van der Waals surface area contributed by atoms with Gasteiger partial charge in [0.1, 0.15) is 0 Å². The molecule has 1 unspecified atom stereocenters. The Morgan fingerprint density at radius 2 is 1.72 bits per heavy atom. The zero-order valence-electron chi connectivity index (χ0n) is 17.9. The number of nitrogens with two attached hydrogens (primary N) is 1. The van der Waals surface area contributed by atoms with Crippen LogP contribution in [0.4, 0.5) is 0 Å². The second kappa shape index (κ2) is 9.43. The van der Waals surface area contributed by atoms with Crippen LogP contribution in [0.25, 0.3) is 0 Å². The third kappa shape index (κ3) is 4.87. The molecule has 10 heteroatoms. The molecule has 172 valence electrons. The largest absolute Gasteiger partial charge is 0.438 e. The van der Waals surface area contributed by atoms with Crippen LogP contribution in [0.1, 0.15) is 29.0 Å². The molecule has 0 spiro atoms. The summed E-state index contributed by atoms with van der Waals surface area (Å²) in [7, 11) is -3.88. The molecule has 9 nitrogen and oxygen atoms in total. The highest BCUT2D eigenvalue weighted by Gasteiger charge is 2.35. The normalized spacial score (nSPS) is 20.9. The molecule has 2 amide bonds. The van der Waals surface area contributed by atoms with Gasteiger partial charge in [0.05, 0.1) is 5.92 Å². The van der Waals surface area contributed by atoms with Gasteiger partial charge in [-0.2, -0.15) is 4.31 Å². The highest BCUT2D eigenvalue weighted by molar-refractivity contribution is 7.89. The van der Waals surface area contributed by atoms with Crippen molar-refractivity contribution in [2.75, 3.05) is 39.3 Å². The molecule has 3 heterocycles. The number of piperidine rings is 1. The lowest BCUT2D eigenvalue weighted by molar-refractivity contribution is -0.138. The molecule has 2 aliphatic heterocycles. The van der Waals surface area contributed by atoms with E-state index in [1.807, 2.05) is 18.2 Å². The summed E-state index contributed by atoms with van der Waals surface area (Å²) in [4.78, 5) is 28.4. The predicted molar refractivity (Wildman–Crippen MR) is 117 cm³/mol. The molecule has 1 aromatic heterocycles. The molecular weight excluding hydrogens is 432 g/mol. The molecular formula is C22H28N4O5S. The van der Waals surface area contributed by atoms with E-state index in [4.69, 9.17) is 10.2 Å². The first-order chi connectivity index (χ1) is 15.3. The highest BCUT2D eigenvalue weighted by atomic mass is 32.2. The Morgan fingerprint density at radius 3 is 2.38 bits per heavy atom. The lowest BCUT2D eigenvalue weighted by Crippen LogP contribution is -2.53.